The van der Waals surface area contributed by atoms with Gasteiger partial charge in [-0.1, -0.05) is 0 Å². The van der Waals surface area contributed by atoms with Crippen LogP contribution in [-0.2, 0) is 4.74 Å². The van der Waals surface area contributed by atoms with E-state index in [4.69, 9.17) is 5.21 Å². The molecule has 1 rings (SSSR count). The second kappa shape index (κ2) is 3.05. The van der Waals surface area contributed by atoms with Crippen molar-refractivity contribution in [2.45, 2.75) is 0 Å². The Morgan fingerprint density at radius 2 is 2.31 bits per heavy atom. The molecular weight excluding hydrogens is 184 g/mol. The van der Waals surface area contributed by atoms with Gasteiger partial charge in [0.1, 0.15) is 0 Å². The number of esters is 1. The van der Waals surface area contributed by atoms with E-state index >= 15 is 0 Å². The molecule has 0 bridgehead atoms. The van der Waals surface area contributed by atoms with Crippen molar-refractivity contribution >= 4 is 11.9 Å². The monoisotopic (exact) mass is 188 g/mol. The largest absolute Gasteiger partial charge is 0.496 e. The van der Waals surface area contributed by atoms with Crippen LogP contribution in [0.5, 0.6) is 0 Å². The smallest absolute Gasteiger partial charge is 0.462 e. The standard InChI is InChI=1S/C4H4N4O5/c1-13-3(9)2-5-6-4(7(2)10)8(11)12/h10H,1H3. The minimum absolute atomic E-state index is 0.0498. The van der Waals surface area contributed by atoms with Gasteiger partial charge in [-0.3, -0.25) is 0 Å². The third kappa shape index (κ3) is 1.38. The molecule has 1 aromatic rings. The summed E-state index contributed by atoms with van der Waals surface area (Å²) >= 11 is 0. The summed E-state index contributed by atoms with van der Waals surface area (Å²) in [5.41, 5.74) is 0. The van der Waals surface area contributed by atoms with Crippen LogP contribution in [0.3, 0.4) is 0 Å². The van der Waals surface area contributed by atoms with Crippen molar-refractivity contribution in [3.8, 4) is 0 Å². The molecule has 0 aliphatic heterocycles. The molecule has 0 aliphatic rings. The Bertz CT molecular complexity index is 357. The Morgan fingerprint density at radius 3 is 2.69 bits per heavy atom. The van der Waals surface area contributed by atoms with Gasteiger partial charge in [0.2, 0.25) is 0 Å². The number of carbonyl (C=O) groups is 1. The lowest BCUT2D eigenvalue weighted by molar-refractivity contribution is -0.401. The highest BCUT2D eigenvalue weighted by atomic mass is 16.6. The van der Waals surface area contributed by atoms with E-state index < -0.39 is 22.7 Å². The van der Waals surface area contributed by atoms with Crippen LogP contribution in [0.15, 0.2) is 0 Å². The van der Waals surface area contributed by atoms with Crippen LogP contribution in [0.25, 0.3) is 0 Å². The van der Waals surface area contributed by atoms with Gasteiger partial charge in [0, 0.05) is 0 Å². The predicted octanol–water partition coefficient (Wildman–Crippen LogP) is -0.790. The van der Waals surface area contributed by atoms with Crippen LogP contribution < -0.4 is 0 Å². The lowest BCUT2D eigenvalue weighted by Crippen LogP contribution is -2.11. The van der Waals surface area contributed by atoms with Crippen LogP contribution in [0.1, 0.15) is 10.6 Å². The number of hydrogen-bond donors (Lipinski definition) is 1. The minimum atomic E-state index is -1.01. The summed E-state index contributed by atoms with van der Waals surface area (Å²) in [7, 11) is 1.04. The van der Waals surface area contributed by atoms with Gasteiger partial charge in [0.05, 0.1) is 12.2 Å². The number of nitrogens with zero attached hydrogens (tertiary/aromatic N) is 4. The van der Waals surface area contributed by atoms with E-state index in [0.29, 0.717) is 0 Å². The highest BCUT2D eigenvalue weighted by molar-refractivity contribution is 5.85. The van der Waals surface area contributed by atoms with Gasteiger partial charge in [0.15, 0.2) is 0 Å². The lowest BCUT2D eigenvalue weighted by Gasteiger charge is -1.93. The average Bonchev–Trinajstić information content (AvgIpc) is 2.46. The Kier molecular flexibility index (Phi) is 2.09. The summed E-state index contributed by atoms with van der Waals surface area (Å²) in [4.78, 5) is 19.9. The maximum atomic E-state index is 10.7. The molecular formula is C4H4N4O5. The van der Waals surface area contributed by atoms with E-state index in [0.717, 1.165) is 7.11 Å². The molecule has 0 aromatic carbocycles. The van der Waals surface area contributed by atoms with Crippen LogP contribution in [-0.4, -0.2) is 38.1 Å². The zero-order chi connectivity index (χ0) is 10.0. The van der Waals surface area contributed by atoms with Crippen LogP contribution in [0.2, 0.25) is 0 Å². The summed E-state index contributed by atoms with van der Waals surface area (Å²) in [5.74, 6) is -2.60. The van der Waals surface area contributed by atoms with Crippen LogP contribution in [0.4, 0.5) is 5.95 Å². The van der Waals surface area contributed by atoms with E-state index in [2.05, 4.69) is 14.9 Å². The summed E-state index contributed by atoms with van der Waals surface area (Å²) in [6, 6.07) is 0. The molecule has 0 aliphatic carbocycles. The van der Waals surface area contributed by atoms with Crippen molar-refractivity contribution in [2.75, 3.05) is 7.11 Å². The molecule has 9 nitrogen and oxygen atoms in total. The molecule has 0 saturated heterocycles. The molecule has 0 saturated carbocycles. The third-order valence-corrected chi connectivity index (χ3v) is 1.16. The zero-order valence-electron chi connectivity index (χ0n) is 6.37. The highest BCUT2D eigenvalue weighted by Crippen LogP contribution is 2.07. The number of methoxy groups -OCH3 is 1. The second-order valence-electron chi connectivity index (χ2n) is 1.88. The normalized spacial score (nSPS) is 9.62. The van der Waals surface area contributed by atoms with Crippen LogP contribution >= 0.6 is 0 Å². The van der Waals surface area contributed by atoms with Gasteiger partial charge < -0.3 is 20.1 Å². The first kappa shape index (κ1) is 8.90. The predicted molar refractivity (Wildman–Crippen MR) is 35.2 cm³/mol. The third-order valence-electron chi connectivity index (χ3n) is 1.16. The van der Waals surface area contributed by atoms with Gasteiger partial charge >= 0.3 is 17.7 Å². The number of rotatable bonds is 2. The molecule has 0 fully saturated rings. The minimum Gasteiger partial charge on any atom is -0.462 e. The van der Waals surface area contributed by atoms with Crippen molar-refractivity contribution in [3.05, 3.63) is 15.9 Å². The van der Waals surface area contributed by atoms with E-state index in [-0.39, 0.29) is 4.73 Å². The van der Waals surface area contributed by atoms with E-state index in [1.807, 2.05) is 0 Å². The van der Waals surface area contributed by atoms with Gasteiger partial charge in [-0.05, 0) is 14.8 Å². The second-order valence-corrected chi connectivity index (χ2v) is 1.88. The van der Waals surface area contributed by atoms with E-state index in [1.54, 1.807) is 0 Å². The molecule has 0 amide bonds. The van der Waals surface area contributed by atoms with Crippen molar-refractivity contribution in [2.24, 2.45) is 0 Å². The summed E-state index contributed by atoms with van der Waals surface area (Å²) in [6.45, 7) is 0. The molecule has 0 radical (unpaired) electrons. The van der Waals surface area contributed by atoms with Gasteiger partial charge in [-0.25, -0.2) is 4.79 Å². The average molecular weight is 188 g/mol. The number of nitro groups is 1. The summed E-state index contributed by atoms with van der Waals surface area (Å²) in [6.07, 6.45) is 0. The Morgan fingerprint density at radius 1 is 1.69 bits per heavy atom. The van der Waals surface area contributed by atoms with E-state index in [1.165, 1.54) is 0 Å². The Hall–Kier alpha value is -2.19. The SMILES string of the molecule is COC(=O)c1nnc([N+](=O)[O-])n1O. The van der Waals surface area contributed by atoms with Gasteiger partial charge in [0.25, 0.3) is 0 Å². The highest BCUT2D eigenvalue weighted by Gasteiger charge is 2.28. The summed E-state index contributed by atoms with van der Waals surface area (Å²) < 4.78 is 4.12. The molecule has 1 N–H and O–H groups in total. The van der Waals surface area contributed by atoms with Gasteiger partial charge in [-0.15, -0.1) is 0 Å². The van der Waals surface area contributed by atoms with Crippen LogP contribution in [0, 0.1) is 10.1 Å². The first-order valence-electron chi connectivity index (χ1n) is 2.95. The first-order chi connectivity index (χ1) is 6.07. The molecule has 9 heteroatoms. The zero-order valence-corrected chi connectivity index (χ0v) is 6.37. The molecule has 0 unspecified atom stereocenters. The topological polar surface area (TPSA) is 120 Å². The number of carbonyl (C=O) groups excluding carboxylic acids is 1. The molecule has 0 atom stereocenters. The number of hydrogen-bond acceptors (Lipinski definition) is 7. The fourth-order valence-electron chi connectivity index (χ4n) is 0.604. The fourth-order valence-corrected chi connectivity index (χ4v) is 0.604. The Balaban J connectivity index is 3.13. The lowest BCUT2D eigenvalue weighted by atomic mass is 10.6. The van der Waals surface area contributed by atoms with Crippen molar-refractivity contribution in [3.63, 3.8) is 0 Å². The molecule has 13 heavy (non-hydrogen) atoms. The quantitative estimate of drug-likeness (QED) is 0.279. The van der Waals surface area contributed by atoms with Crippen molar-refractivity contribution in [1.82, 2.24) is 14.9 Å². The summed E-state index contributed by atoms with van der Waals surface area (Å²) in [5, 5.41) is 25.1. The number of aromatic nitrogens is 3. The Labute approximate surface area is 70.7 Å². The fraction of sp³-hybridized carbons (Fsp3) is 0.250. The molecule has 1 heterocycles. The van der Waals surface area contributed by atoms with E-state index in [9.17, 15) is 14.9 Å². The maximum absolute atomic E-state index is 10.7. The molecule has 0 spiro atoms. The van der Waals surface area contributed by atoms with Gasteiger partial charge in [-0.2, -0.15) is 0 Å². The molecule has 70 valence electrons. The number of ether oxygens (including phenoxy) is 1. The maximum Gasteiger partial charge on any atom is 0.496 e. The molecule has 1 aromatic heterocycles. The van der Waals surface area contributed by atoms with Crippen molar-refractivity contribution < 1.29 is 19.7 Å². The first-order valence-corrected chi connectivity index (χ1v) is 2.95. The van der Waals surface area contributed by atoms with Crippen molar-refractivity contribution in [1.29, 1.82) is 0 Å².